The first-order valence-corrected chi connectivity index (χ1v) is 10.3. The number of fused-ring (bicyclic) bond motifs is 1. The van der Waals surface area contributed by atoms with Gasteiger partial charge in [0.15, 0.2) is 0 Å². The van der Waals surface area contributed by atoms with Crippen molar-refractivity contribution in [2.45, 2.75) is 25.3 Å². The number of halogens is 3. The maximum Gasteiger partial charge on any atom is 0.372 e. The summed E-state index contributed by atoms with van der Waals surface area (Å²) < 4.78 is 28.1. The highest BCUT2D eigenvalue weighted by atomic mass is 35.5. The van der Waals surface area contributed by atoms with E-state index in [4.69, 9.17) is 11.6 Å². The first-order chi connectivity index (χ1) is 15.6. The van der Waals surface area contributed by atoms with Crippen LogP contribution in [0.2, 0.25) is 5.02 Å². The molecule has 2 amide bonds. The number of hydrogen-bond donors (Lipinski definition) is 2. The maximum absolute atomic E-state index is 13.5. The third-order valence-corrected chi connectivity index (χ3v) is 5.50. The smallest absolute Gasteiger partial charge is 0.372 e. The van der Waals surface area contributed by atoms with Gasteiger partial charge in [0.05, 0.1) is 16.1 Å². The fourth-order valence-corrected chi connectivity index (χ4v) is 3.74. The molecule has 1 fully saturated rings. The van der Waals surface area contributed by atoms with Crippen molar-refractivity contribution >= 4 is 46.2 Å². The van der Waals surface area contributed by atoms with E-state index in [2.05, 4.69) is 15.3 Å². The number of carboxylic acid groups (broad SMARTS) is 1. The van der Waals surface area contributed by atoms with Crippen LogP contribution < -0.4 is 5.32 Å². The Balaban J connectivity index is 1.64. The second kappa shape index (κ2) is 8.74. The molecule has 0 unspecified atom stereocenters. The molecule has 0 saturated carbocycles. The second-order valence-corrected chi connectivity index (χ2v) is 7.99. The van der Waals surface area contributed by atoms with E-state index in [1.165, 1.54) is 46.0 Å². The van der Waals surface area contributed by atoms with Crippen molar-refractivity contribution in [3.63, 3.8) is 0 Å². The van der Waals surface area contributed by atoms with E-state index in [0.29, 0.717) is 5.02 Å². The Morgan fingerprint density at radius 2 is 1.88 bits per heavy atom. The van der Waals surface area contributed by atoms with Crippen LogP contribution in [0.3, 0.4) is 0 Å². The van der Waals surface area contributed by atoms with Crippen LogP contribution in [0, 0.1) is 0 Å². The zero-order chi connectivity index (χ0) is 23.8. The molecule has 2 N–H and O–H groups in total. The van der Waals surface area contributed by atoms with Gasteiger partial charge < -0.3 is 19.9 Å². The van der Waals surface area contributed by atoms with Crippen LogP contribution in [0.4, 0.5) is 14.6 Å². The van der Waals surface area contributed by atoms with Crippen LogP contribution in [-0.4, -0.2) is 61.3 Å². The van der Waals surface area contributed by atoms with Gasteiger partial charge in [0.1, 0.15) is 17.9 Å². The monoisotopic (exact) mass is 477 g/mol. The average Bonchev–Trinajstić information content (AvgIpc) is 3.13. The molecule has 0 bridgehead atoms. The predicted molar refractivity (Wildman–Crippen MR) is 115 cm³/mol. The van der Waals surface area contributed by atoms with Gasteiger partial charge in [-0.3, -0.25) is 9.59 Å². The van der Waals surface area contributed by atoms with E-state index in [-0.39, 0.29) is 35.5 Å². The van der Waals surface area contributed by atoms with Gasteiger partial charge >= 0.3 is 5.97 Å². The quantitative estimate of drug-likeness (QED) is 0.582. The van der Waals surface area contributed by atoms with Crippen molar-refractivity contribution in [2.24, 2.45) is 0 Å². The van der Waals surface area contributed by atoms with Crippen LogP contribution in [0.5, 0.6) is 0 Å². The molecule has 1 aliphatic rings. The molecule has 0 aliphatic carbocycles. The molecule has 12 heteroatoms. The van der Waals surface area contributed by atoms with Crippen molar-refractivity contribution in [3.05, 3.63) is 52.9 Å². The second-order valence-electron chi connectivity index (χ2n) is 7.56. The molecule has 3 aromatic rings. The largest absolute Gasteiger partial charge is 0.475 e. The Morgan fingerprint density at radius 1 is 1.15 bits per heavy atom. The minimum Gasteiger partial charge on any atom is -0.475 e. The van der Waals surface area contributed by atoms with Gasteiger partial charge in [-0.05, 0) is 24.3 Å². The number of likely N-dealkylation sites (tertiary alicyclic amines) is 1. The summed E-state index contributed by atoms with van der Waals surface area (Å²) >= 11 is 5.77. The van der Waals surface area contributed by atoms with E-state index in [0.717, 1.165) is 0 Å². The molecular formula is C21H18ClF2N5O4. The summed E-state index contributed by atoms with van der Waals surface area (Å²) in [5, 5.41) is 12.5. The lowest BCUT2D eigenvalue weighted by molar-refractivity contribution is -0.116. The van der Waals surface area contributed by atoms with Crippen LogP contribution in [0.15, 0.2) is 36.5 Å². The molecule has 0 atom stereocenters. The standard InChI is InChI=1S/C21H18ClF2N5O4/c22-12-4-5-15(25-10-12)26-16(30)11-29-14-3-1-2-13(17(14)27-18(29)20(32)33)19(31)28-8-6-21(23,24)7-9-28/h1-5,10H,6-9,11H2,(H,32,33)(H,25,26,30). The first kappa shape index (κ1) is 22.6. The number of para-hydroxylation sites is 1. The Kier molecular flexibility index (Phi) is 5.98. The van der Waals surface area contributed by atoms with Gasteiger partial charge in [-0.2, -0.15) is 0 Å². The SMILES string of the molecule is O=C(Cn1c(C(=O)O)nc2c(C(=O)N3CCC(F)(F)CC3)cccc21)Nc1ccc(Cl)cn1. The number of aromatic nitrogens is 3. The number of rotatable bonds is 5. The van der Waals surface area contributed by atoms with Crippen LogP contribution in [-0.2, 0) is 11.3 Å². The third-order valence-electron chi connectivity index (χ3n) is 5.28. The summed E-state index contributed by atoms with van der Waals surface area (Å²) in [6.07, 6.45) is 0.464. The molecule has 9 nitrogen and oxygen atoms in total. The fraction of sp³-hybridized carbons (Fsp3) is 0.286. The van der Waals surface area contributed by atoms with Crippen LogP contribution in [0.1, 0.15) is 33.8 Å². The normalized spacial score (nSPS) is 15.4. The average molecular weight is 478 g/mol. The van der Waals surface area contributed by atoms with Gasteiger partial charge in [0.2, 0.25) is 11.7 Å². The Bertz CT molecular complexity index is 1240. The number of piperidine rings is 1. The summed E-state index contributed by atoms with van der Waals surface area (Å²) in [6.45, 7) is -0.646. The lowest BCUT2D eigenvalue weighted by Crippen LogP contribution is -2.42. The third kappa shape index (κ3) is 4.77. The number of benzene rings is 1. The Hall–Kier alpha value is -3.60. The van der Waals surface area contributed by atoms with Crippen molar-refractivity contribution in [3.8, 4) is 0 Å². The summed E-state index contributed by atoms with van der Waals surface area (Å²) in [6, 6.07) is 7.54. The lowest BCUT2D eigenvalue weighted by atomic mass is 10.0. The first-order valence-electron chi connectivity index (χ1n) is 9.96. The maximum atomic E-state index is 13.5. The number of anilines is 1. The van der Waals surface area contributed by atoms with E-state index >= 15 is 0 Å². The molecule has 1 aliphatic heterocycles. The van der Waals surface area contributed by atoms with E-state index in [1.807, 2.05) is 0 Å². The molecule has 33 heavy (non-hydrogen) atoms. The fourth-order valence-electron chi connectivity index (χ4n) is 3.63. The van der Waals surface area contributed by atoms with Crippen molar-refractivity contribution in [1.82, 2.24) is 19.4 Å². The number of alkyl halides is 2. The number of carbonyl (C=O) groups excluding carboxylic acids is 2. The molecule has 0 spiro atoms. The molecule has 1 saturated heterocycles. The van der Waals surface area contributed by atoms with Gasteiger partial charge in [0, 0.05) is 32.1 Å². The molecule has 2 aromatic heterocycles. The van der Waals surface area contributed by atoms with Crippen LogP contribution >= 0.6 is 11.6 Å². The molecule has 0 radical (unpaired) electrons. The summed E-state index contributed by atoms with van der Waals surface area (Å²) in [4.78, 5) is 46.7. The lowest BCUT2D eigenvalue weighted by Gasteiger charge is -2.31. The van der Waals surface area contributed by atoms with Crippen molar-refractivity contribution < 1.29 is 28.3 Å². The number of carboxylic acids is 1. The molecule has 4 rings (SSSR count). The van der Waals surface area contributed by atoms with Crippen molar-refractivity contribution in [1.29, 1.82) is 0 Å². The summed E-state index contributed by atoms with van der Waals surface area (Å²) in [7, 11) is 0. The highest BCUT2D eigenvalue weighted by Crippen LogP contribution is 2.29. The highest BCUT2D eigenvalue weighted by Gasteiger charge is 2.36. The van der Waals surface area contributed by atoms with E-state index in [9.17, 15) is 28.3 Å². The van der Waals surface area contributed by atoms with Gasteiger partial charge in [-0.1, -0.05) is 17.7 Å². The number of imidazole rings is 1. The van der Waals surface area contributed by atoms with E-state index in [1.54, 1.807) is 0 Å². The van der Waals surface area contributed by atoms with E-state index < -0.39 is 48.9 Å². The predicted octanol–water partition coefficient (Wildman–Crippen LogP) is 3.29. The number of aromatic carboxylic acids is 1. The highest BCUT2D eigenvalue weighted by molar-refractivity contribution is 6.30. The number of nitrogens with zero attached hydrogens (tertiary/aromatic N) is 4. The summed E-state index contributed by atoms with van der Waals surface area (Å²) in [5.41, 5.74) is 0.410. The zero-order valence-corrected chi connectivity index (χ0v) is 17.9. The number of carbonyl (C=O) groups is 3. The number of hydrogen-bond acceptors (Lipinski definition) is 5. The zero-order valence-electron chi connectivity index (χ0n) is 17.1. The molecule has 3 heterocycles. The minimum absolute atomic E-state index is 0.0784. The van der Waals surface area contributed by atoms with Crippen LogP contribution in [0.25, 0.3) is 11.0 Å². The topological polar surface area (TPSA) is 117 Å². The number of amides is 2. The molecule has 172 valence electrons. The molecular weight excluding hydrogens is 460 g/mol. The summed E-state index contributed by atoms with van der Waals surface area (Å²) in [5.74, 6) is -5.50. The van der Waals surface area contributed by atoms with Crippen molar-refractivity contribution in [2.75, 3.05) is 18.4 Å². The Labute approximate surface area is 191 Å². The molecule has 1 aromatic carbocycles. The number of pyridine rings is 1. The number of nitrogens with one attached hydrogen (secondary N) is 1. The Morgan fingerprint density at radius 3 is 2.52 bits per heavy atom. The van der Waals surface area contributed by atoms with Gasteiger partial charge in [-0.25, -0.2) is 23.5 Å². The minimum atomic E-state index is -2.81. The van der Waals surface area contributed by atoms with Gasteiger partial charge in [-0.15, -0.1) is 0 Å². The van der Waals surface area contributed by atoms with Gasteiger partial charge in [0.25, 0.3) is 11.8 Å².